The van der Waals surface area contributed by atoms with Crippen LogP contribution in [-0.2, 0) is 12.8 Å². The predicted octanol–water partition coefficient (Wildman–Crippen LogP) is 3.25. The van der Waals surface area contributed by atoms with Gasteiger partial charge in [-0.25, -0.2) is 9.97 Å². The number of anilines is 1. The van der Waals surface area contributed by atoms with Gasteiger partial charge in [-0.2, -0.15) is 0 Å². The highest BCUT2D eigenvalue weighted by molar-refractivity contribution is 5.38. The van der Waals surface area contributed by atoms with Gasteiger partial charge >= 0.3 is 0 Å². The average molecular weight is 267 g/mol. The zero-order valence-electron chi connectivity index (χ0n) is 11.8. The van der Waals surface area contributed by atoms with Crippen LogP contribution < -0.4 is 4.90 Å². The van der Waals surface area contributed by atoms with Gasteiger partial charge in [-0.1, -0.05) is 30.3 Å². The van der Waals surface area contributed by atoms with Gasteiger partial charge in [0.15, 0.2) is 0 Å². The lowest BCUT2D eigenvalue weighted by atomic mass is 10.1. The molecule has 1 fully saturated rings. The van der Waals surface area contributed by atoms with Gasteiger partial charge in [0.25, 0.3) is 0 Å². The van der Waals surface area contributed by atoms with Crippen LogP contribution in [0.15, 0.2) is 42.6 Å². The maximum atomic E-state index is 4.70. The van der Waals surface area contributed by atoms with Gasteiger partial charge in [0, 0.05) is 25.7 Å². The molecule has 0 radical (unpaired) electrons. The SMILES string of the molecule is c1ccc(CCCc2nccc(N3CCCC3)n2)cc1. The normalized spacial score (nSPS) is 14.7. The quantitative estimate of drug-likeness (QED) is 0.832. The lowest BCUT2D eigenvalue weighted by molar-refractivity contribution is 0.764. The summed E-state index contributed by atoms with van der Waals surface area (Å²) in [6.45, 7) is 2.28. The van der Waals surface area contributed by atoms with Crippen LogP contribution in [0.25, 0.3) is 0 Å². The molecule has 1 aromatic heterocycles. The van der Waals surface area contributed by atoms with Crippen molar-refractivity contribution in [1.82, 2.24) is 9.97 Å². The van der Waals surface area contributed by atoms with E-state index in [1.165, 1.54) is 18.4 Å². The van der Waals surface area contributed by atoms with Crippen molar-refractivity contribution < 1.29 is 0 Å². The predicted molar refractivity (Wildman–Crippen MR) is 81.9 cm³/mol. The summed E-state index contributed by atoms with van der Waals surface area (Å²) in [6.07, 6.45) is 7.63. The number of aromatic nitrogens is 2. The lowest BCUT2D eigenvalue weighted by Crippen LogP contribution is -2.19. The topological polar surface area (TPSA) is 29.0 Å². The van der Waals surface area contributed by atoms with E-state index in [2.05, 4.69) is 40.2 Å². The summed E-state index contributed by atoms with van der Waals surface area (Å²) in [5.41, 5.74) is 1.39. The highest BCUT2D eigenvalue weighted by Crippen LogP contribution is 2.17. The zero-order chi connectivity index (χ0) is 13.6. The minimum absolute atomic E-state index is 0.955. The number of aryl methyl sites for hydroxylation is 2. The molecule has 1 aliphatic rings. The van der Waals surface area contributed by atoms with E-state index in [0.717, 1.165) is 44.0 Å². The molecule has 0 spiro atoms. The maximum Gasteiger partial charge on any atom is 0.132 e. The zero-order valence-corrected chi connectivity index (χ0v) is 11.8. The number of benzene rings is 1. The fourth-order valence-corrected chi connectivity index (χ4v) is 2.73. The smallest absolute Gasteiger partial charge is 0.132 e. The van der Waals surface area contributed by atoms with Crippen molar-refractivity contribution in [2.75, 3.05) is 18.0 Å². The van der Waals surface area contributed by atoms with Crippen molar-refractivity contribution in [1.29, 1.82) is 0 Å². The van der Waals surface area contributed by atoms with Crippen LogP contribution in [0.1, 0.15) is 30.7 Å². The Hall–Kier alpha value is -1.90. The van der Waals surface area contributed by atoms with E-state index in [4.69, 9.17) is 4.98 Å². The third-order valence-corrected chi connectivity index (χ3v) is 3.83. The molecule has 0 bridgehead atoms. The van der Waals surface area contributed by atoms with Crippen LogP contribution >= 0.6 is 0 Å². The second kappa shape index (κ2) is 6.51. The third kappa shape index (κ3) is 3.35. The summed E-state index contributed by atoms with van der Waals surface area (Å²) in [5.74, 6) is 2.08. The van der Waals surface area contributed by atoms with Crippen LogP contribution in [0.4, 0.5) is 5.82 Å². The van der Waals surface area contributed by atoms with Gasteiger partial charge in [0.1, 0.15) is 11.6 Å². The van der Waals surface area contributed by atoms with Crippen LogP contribution in [0.3, 0.4) is 0 Å². The van der Waals surface area contributed by atoms with E-state index in [1.54, 1.807) is 0 Å². The van der Waals surface area contributed by atoms with Crippen LogP contribution in [0, 0.1) is 0 Å². The molecule has 0 atom stereocenters. The first-order valence-electron chi connectivity index (χ1n) is 7.52. The first kappa shape index (κ1) is 13.1. The van der Waals surface area contributed by atoms with Crippen molar-refractivity contribution in [2.45, 2.75) is 32.1 Å². The van der Waals surface area contributed by atoms with Gasteiger partial charge in [-0.3, -0.25) is 0 Å². The van der Waals surface area contributed by atoms with Crippen LogP contribution in [0.2, 0.25) is 0 Å². The Morgan fingerprint density at radius 2 is 1.75 bits per heavy atom. The second-order valence-electron chi connectivity index (χ2n) is 5.36. The molecule has 104 valence electrons. The first-order valence-corrected chi connectivity index (χ1v) is 7.52. The van der Waals surface area contributed by atoms with Crippen molar-refractivity contribution in [2.24, 2.45) is 0 Å². The fourth-order valence-electron chi connectivity index (χ4n) is 2.73. The fraction of sp³-hybridized carbons (Fsp3) is 0.412. The molecule has 1 saturated heterocycles. The number of hydrogen-bond donors (Lipinski definition) is 0. The molecule has 1 aromatic carbocycles. The summed E-state index contributed by atoms with van der Waals surface area (Å²) < 4.78 is 0. The van der Waals surface area contributed by atoms with E-state index >= 15 is 0 Å². The van der Waals surface area contributed by atoms with Crippen LogP contribution in [0.5, 0.6) is 0 Å². The van der Waals surface area contributed by atoms with E-state index in [1.807, 2.05) is 12.3 Å². The summed E-state index contributed by atoms with van der Waals surface area (Å²) in [5, 5.41) is 0. The molecule has 1 aliphatic heterocycles. The highest BCUT2D eigenvalue weighted by atomic mass is 15.2. The Kier molecular flexibility index (Phi) is 4.26. The molecule has 2 heterocycles. The standard InChI is InChI=1S/C17H21N3/c1-2-7-15(8-3-1)9-6-10-16-18-12-11-17(19-16)20-13-4-5-14-20/h1-3,7-8,11-12H,4-6,9-10,13-14H2. The number of nitrogens with zero attached hydrogens (tertiary/aromatic N) is 3. The van der Waals surface area contributed by atoms with Gasteiger partial charge in [-0.15, -0.1) is 0 Å². The molecule has 0 N–H and O–H groups in total. The highest BCUT2D eigenvalue weighted by Gasteiger charge is 2.13. The molecule has 20 heavy (non-hydrogen) atoms. The Labute approximate surface area is 120 Å². The molecule has 3 rings (SSSR count). The summed E-state index contributed by atoms with van der Waals surface area (Å²) in [7, 11) is 0. The second-order valence-corrected chi connectivity index (χ2v) is 5.36. The molecular weight excluding hydrogens is 246 g/mol. The minimum atomic E-state index is 0.955. The van der Waals surface area contributed by atoms with Crippen LogP contribution in [-0.4, -0.2) is 23.1 Å². The molecule has 0 aliphatic carbocycles. The van der Waals surface area contributed by atoms with Crippen molar-refractivity contribution in [3.8, 4) is 0 Å². The summed E-state index contributed by atoms with van der Waals surface area (Å²) >= 11 is 0. The Morgan fingerprint density at radius 1 is 0.950 bits per heavy atom. The molecular formula is C17H21N3. The molecule has 3 nitrogen and oxygen atoms in total. The molecule has 2 aromatic rings. The maximum absolute atomic E-state index is 4.70. The number of rotatable bonds is 5. The largest absolute Gasteiger partial charge is 0.357 e. The van der Waals surface area contributed by atoms with Crippen molar-refractivity contribution in [3.63, 3.8) is 0 Å². The van der Waals surface area contributed by atoms with E-state index in [-0.39, 0.29) is 0 Å². The molecule has 0 saturated carbocycles. The Balaban J connectivity index is 1.56. The lowest BCUT2D eigenvalue weighted by Gasteiger charge is -2.16. The van der Waals surface area contributed by atoms with Gasteiger partial charge in [-0.05, 0) is 37.3 Å². The summed E-state index contributed by atoms with van der Waals surface area (Å²) in [6, 6.07) is 12.7. The molecule has 0 unspecified atom stereocenters. The summed E-state index contributed by atoms with van der Waals surface area (Å²) in [4.78, 5) is 11.5. The monoisotopic (exact) mass is 267 g/mol. The van der Waals surface area contributed by atoms with E-state index in [9.17, 15) is 0 Å². The van der Waals surface area contributed by atoms with Crippen molar-refractivity contribution in [3.05, 3.63) is 54.0 Å². The van der Waals surface area contributed by atoms with E-state index < -0.39 is 0 Å². The number of hydrogen-bond acceptors (Lipinski definition) is 3. The molecule has 3 heteroatoms. The third-order valence-electron chi connectivity index (χ3n) is 3.83. The average Bonchev–Trinajstić information content (AvgIpc) is 3.03. The van der Waals surface area contributed by atoms with E-state index in [0.29, 0.717) is 0 Å². The van der Waals surface area contributed by atoms with Crippen molar-refractivity contribution >= 4 is 5.82 Å². The minimum Gasteiger partial charge on any atom is -0.357 e. The Morgan fingerprint density at radius 3 is 2.55 bits per heavy atom. The first-order chi connectivity index (χ1) is 9.92. The Bertz CT molecular complexity index is 533. The van der Waals surface area contributed by atoms with Gasteiger partial charge < -0.3 is 4.90 Å². The molecule has 0 amide bonds. The van der Waals surface area contributed by atoms with Gasteiger partial charge in [0.05, 0.1) is 0 Å². The van der Waals surface area contributed by atoms with Gasteiger partial charge in [0.2, 0.25) is 0 Å².